The summed E-state index contributed by atoms with van der Waals surface area (Å²) in [6.07, 6.45) is 1.00. The summed E-state index contributed by atoms with van der Waals surface area (Å²) in [4.78, 5) is 11.3. The Morgan fingerprint density at radius 3 is 2.55 bits per heavy atom. The monoisotopic (exact) mass is 337 g/mol. The molecule has 0 spiro atoms. The van der Waals surface area contributed by atoms with Crippen molar-refractivity contribution in [3.05, 3.63) is 0 Å². The van der Waals surface area contributed by atoms with Gasteiger partial charge in [-0.15, -0.1) is 0 Å². The first-order valence-corrected chi connectivity index (χ1v) is 8.60. The lowest BCUT2D eigenvalue weighted by atomic mass is 9.80. The molecule has 0 aromatic rings. The van der Waals surface area contributed by atoms with Gasteiger partial charge in [0.2, 0.25) is 0 Å². The number of carboxylic acids is 1. The van der Waals surface area contributed by atoms with Crippen molar-refractivity contribution in [1.29, 1.82) is 0 Å². The first-order chi connectivity index (χ1) is 10.2. The molecular weight excluding hydrogens is 313 g/mol. The number of likely N-dealkylation sites (N-methyl/N-ethyl adjacent to an activating group) is 1. The lowest BCUT2D eigenvalue weighted by Crippen LogP contribution is -2.43. The minimum atomic E-state index is -3.72. The lowest BCUT2D eigenvalue weighted by Gasteiger charge is -2.23. The van der Waals surface area contributed by atoms with E-state index in [0.29, 0.717) is 12.8 Å². The molecule has 0 aliphatic carbocycles. The number of nitrogens with two attached hydrogens (primary N) is 1. The Bertz CT molecular complexity index is 474. The number of hydrogen-bond donors (Lipinski definition) is 4. The van der Waals surface area contributed by atoms with Gasteiger partial charge >= 0.3 is 13.1 Å². The molecule has 0 radical (unpaired) electrons. The zero-order valence-electron chi connectivity index (χ0n) is 12.6. The van der Waals surface area contributed by atoms with Gasteiger partial charge in [-0.05, 0) is 18.7 Å². The smallest absolute Gasteiger partial charge is 0.451 e. The first kappa shape index (κ1) is 19.3. The fourth-order valence-electron chi connectivity index (χ4n) is 2.65. The fraction of sp³-hybridized carbons (Fsp3) is 0.909. The normalized spacial score (nSPS) is 23.1. The molecule has 0 bridgehead atoms. The van der Waals surface area contributed by atoms with Crippen LogP contribution in [0, 0.1) is 11.8 Å². The second kappa shape index (κ2) is 8.23. The highest BCUT2D eigenvalue weighted by molar-refractivity contribution is 7.86. The average molecular weight is 337 g/mol. The number of rotatable bonds is 9. The van der Waals surface area contributed by atoms with Crippen LogP contribution < -0.4 is 5.73 Å². The molecule has 11 heteroatoms. The van der Waals surface area contributed by atoms with Gasteiger partial charge in [0.05, 0.1) is 5.92 Å². The molecule has 1 saturated heterocycles. The van der Waals surface area contributed by atoms with Gasteiger partial charge in [-0.3, -0.25) is 4.79 Å². The van der Waals surface area contributed by atoms with E-state index in [1.165, 1.54) is 11.4 Å². The van der Waals surface area contributed by atoms with Crippen molar-refractivity contribution >= 4 is 23.3 Å². The maximum Gasteiger partial charge on any atom is 0.451 e. The highest BCUT2D eigenvalue weighted by Crippen LogP contribution is 2.30. The molecule has 0 saturated carbocycles. The van der Waals surface area contributed by atoms with Gasteiger partial charge in [0, 0.05) is 33.2 Å². The summed E-state index contributed by atoms with van der Waals surface area (Å²) >= 11 is 0. The molecule has 1 heterocycles. The molecule has 0 amide bonds. The third-order valence-electron chi connectivity index (χ3n) is 3.93. The predicted molar refractivity (Wildman–Crippen MR) is 81.0 cm³/mol. The molecule has 128 valence electrons. The molecule has 0 aromatic carbocycles. The van der Waals surface area contributed by atoms with Crippen LogP contribution in [0.5, 0.6) is 0 Å². The quantitative estimate of drug-likeness (QED) is 0.356. The van der Waals surface area contributed by atoms with E-state index in [-0.39, 0.29) is 38.4 Å². The Labute approximate surface area is 131 Å². The summed E-state index contributed by atoms with van der Waals surface area (Å²) in [6, 6.07) is 0. The topological polar surface area (TPSA) is 144 Å². The van der Waals surface area contributed by atoms with Crippen LogP contribution in [-0.4, -0.2) is 78.5 Å². The Kier molecular flexibility index (Phi) is 7.23. The minimum absolute atomic E-state index is 0.0705. The average Bonchev–Trinajstić information content (AvgIpc) is 2.83. The SMILES string of the molecule is CN(CCN)S(=O)(=O)N1CC(CCCB(O)O)C(C(=O)O)C1. The number of carboxylic acid groups (broad SMARTS) is 1. The van der Waals surface area contributed by atoms with Crippen LogP contribution in [0.1, 0.15) is 12.8 Å². The summed E-state index contributed by atoms with van der Waals surface area (Å²) in [5, 5.41) is 26.9. The van der Waals surface area contributed by atoms with Crippen molar-refractivity contribution in [3.8, 4) is 0 Å². The third kappa shape index (κ3) is 4.90. The van der Waals surface area contributed by atoms with Gasteiger partial charge in [0.25, 0.3) is 10.2 Å². The molecule has 1 rings (SSSR count). The van der Waals surface area contributed by atoms with Crippen molar-refractivity contribution < 1.29 is 28.4 Å². The summed E-state index contributed by atoms with van der Waals surface area (Å²) in [6.45, 7) is 0.399. The minimum Gasteiger partial charge on any atom is -0.481 e. The Morgan fingerprint density at radius 2 is 2.05 bits per heavy atom. The molecule has 2 unspecified atom stereocenters. The van der Waals surface area contributed by atoms with E-state index in [4.69, 9.17) is 15.8 Å². The molecule has 2 atom stereocenters. The second-order valence-electron chi connectivity index (χ2n) is 5.55. The van der Waals surface area contributed by atoms with Crippen molar-refractivity contribution in [2.75, 3.05) is 33.2 Å². The summed E-state index contributed by atoms with van der Waals surface area (Å²) in [7, 11) is -3.74. The zero-order valence-corrected chi connectivity index (χ0v) is 13.4. The van der Waals surface area contributed by atoms with Crippen LogP contribution in [0.4, 0.5) is 0 Å². The van der Waals surface area contributed by atoms with Gasteiger partial charge in [0.15, 0.2) is 0 Å². The standard InChI is InChI=1S/C11H24BN3O6S/c1-14(6-5-13)22(20,21)15-7-9(3-2-4-12(18)19)10(8-15)11(16)17/h9-10,18-19H,2-8,13H2,1H3,(H,16,17). The molecule has 1 aliphatic heterocycles. The third-order valence-corrected chi connectivity index (χ3v) is 5.85. The summed E-state index contributed by atoms with van der Waals surface area (Å²) in [5.41, 5.74) is 5.36. The van der Waals surface area contributed by atoms with Gasteiger partial charge in [-0.25, -0.2) is 0 Å². The van der Waals surface area contributed by atoms with Crippen molar-refractivity contribution in [2.24, 2.45) is 17.6 Å². The summed E-state index contributed by atoms with van der Waals surface area (Å²) in [5.74, 6) is -2.15. The number of aliphatic carboxylic acids is 1. The van der Waals surface area contributed by atoms with E-state index >= 15 is 0 Å². The zero-order chi connectivity index (χ0) is 16.9. The molecule has 9 nitrogen and oxygen atoms in total. The van der Waals surface area contributed by atoms with Crippen LogP contribution >= 0.6 is 0 Å². The van der Waals surface area contributed by atoms with Gasteiger partial charge < -0.3 is 20.9 Å². The van der Waals surface area contributed by atoms with Crippen molar-refractivity contribution in [3.63, 3.8) is 0 Å². The van der Waals surface area contributed by atoms with E-state index in [1.807, 2.05) is 0 Å². The molecule has 1 aliphatic rings. The number of carbonyl (C=O) groups is 1. The van der Waals surface area contributed by atoms with E-state index in [2.05, 4.69) is 0 Å². The van der Waals surface area contributed by atoms with E-state index in [9.17, 15) is 18.3 Å². The van der Waals surface area contributed by atoms with Crippen LogP contribution in [0.3, 0.4) is 0 Å². The Hall–Kier alpha value is -0.715. The summed E-state index contributed by atoms with van der Waals surface area (Å²) < 4.78 is 27.0. The highest BCUT2D eigenvalue weighted by Gasteiger charge is 2.43. The predicted octanol–water partition coefficient (Wildman–Crippen LogP) is -1.99. The second-order valence-corrected chi connectivity index (χ2v) is 7.59. The van der Waals surface area contributed by atoms with Crippen LogP contribution in [0.2, 0.25) is 6.32 Å². The first-order valence-electron chi connectivity index (χ1n) is 7.20. The van der Waals surface area contributed by atoms with E-state index in [0.717, 1.165) is 4.31 Å². The van der Waals surface area contributed by atoms with E-state index in [1.54, 1.807) is 0 Å². The van der Waals surface area contributed by atoms with Crippen LogP contribution in [0.15, 0.2) is 0 Å². The number of hydrogen-bond acceptors (Lipinski definition) is 6. The highest BCUT2D eigenvalue weighted by atomic mass is 32.2. The largest absolute Gasteiger partial charge is 0.481 e. The van der Waals surface area contributed by atoms with Gasteiger partial charge in [-0.2, -0.15) is 17.0 Å². The van der Waals surface area contributed by atoms with Crippen LogP contribution in [0.25, 0.3) is 0 Å². The van der Waals surface area contributed by atoms with Crippen molar-refractivity contribution in [2.45, 2.75) is 19.2 Å². The molecule has 5 N–H and O–H groups in total. The van der Waals surface area contributed by atoms with Crippen LogP contribution in [-0.2, 0) is 15.0 Å². The fourth-order valence-corrected chi connectivity index (χ4v) is 4.11. The lowest BCUT2D eigenvalue weighted by molar-refractivity contribution is -0.142. The van der Waals surface area contributed by atoms with E-state index < -0.39 is 29.2 Å². The number of nitrogens with zero attached hydrogens (tertiary/aromatic N) is 2. The Balaban J connectivity index is 2.75. The molecule has 22 heavy (non-hydrogen) atoms. The molecular formula is C11H24BN3O6S. The molecule has 0 aromatic heterocycles. The molecule has 1 fully saturated rings. The maximum absolute atomic E-state index is 12.3. The van der Waals surface area contributed by atoms with Gasteiger partial charge in [0.1, 0.15) is 0 Å². The van der Waals surface area contributed by atoms with Gasteiger partial charge in [-0.1, -0.05) is 6.42 Å². The van der Waals surface area contributed by atoms with Crippen molar-refractivity contribution in [1.82, 2.24) is 8.61 Å². The maximum atomic E-state index is 12.3. The Morgan fingerprint density at radius 1 is 1.41 bits per heavy atom.